The van der Waals surface area contributed by atoms with Gasteiger partial charge in [0.05, 0.1) is 113 Å². The van der Waals surface area contributed by atoms with Gasteiger partial charge in [-0.15, -0.1) is 0 Å². The molecule has 0 amide bonds. The molecule has 6 N–H and O–H groups in total. The van der Waals surface area contributed by atoms with Crippen LogP contribution in [0, 0.1) is 176 Å². The van der Waals surface area contributed by atoms with E-state index in [0.29, 0.717) is 144 Å². The number of rotatable bonds is 25. The minimum absolute atomic E-state index is 0.0709. The minimum Gasteiger partial charge on any atom is -0.491 e. The number of hydrogen-bond acceptors (Lipinski definition) is 19. The maximum atomic E-state index is 13.6. The van der Waals surface area contributed by atoms with Gasteiger partial charge in [-0.1, -0.05) is 27.7 Å². The predicted molar refractivity (Wildman–Crippen MR) is 517 cm³/mol. The number of imidazole rings is 1. The highest BCUT2D eigenvalue weighted by molar-refractivity contribution is 5.87. The summed E-state index contributed by atoms with van der Waals surface area (Å²) in [5, 5.41) is 52.1. The van der Waals surface area contributed by atoms with E-state index in [1.807, 2.05) is 125 Å². The average Bonchev–Trinajstić information content (AvgIpc) is 1.64. The van der Waals surface area contributed by atoms with Crippen molar-refractivity contribution in [2.45, 2.75) is 369 Å². The number of aliphatic imine (C=N–C) groups is 1. The Balaban J connectivity index is 0.000000129. The lowest BCUT2D eigenvalue weighted by molar-refractivity contribution is -0.175. The normalized spacial score (nSPS) is 44.6. The van der Waals surface area contributed by atoms with E-state index >= 15 is 0 Å². The highest BCUT2D eigenvalue weighted by atomic mass is 16.5. The van der Waals surface area contributed by atoms with Gasteiger partial charge in [-0.3, -0.25) is 33.5 Å². The van der Waals surface area contributed by atoms with Crippen molar-refractivity contribution in [2.75, 3.05) is 68.0 Å². The number of carbonyl (C=O) groups is 4. The number of allylic oxidation sites excluding steroid dienone is 1. The van der Waals surface area contributed by atoms with Crippen molar-refractivity contribution in [1.82, 2.24) is 29.1 Å². The number of nitrogens with zero attached hydrogens (tertiary/aromatic N) is 7. The molecule has 16 saturated carbocycles. The number of nitrogens with two attached hydrogens (primary N) is 1. The zero-order chi connectivity index (χ0) is 95.0. The van der Waals surface area contributed by atoms with Crippen molar-refractivity contribution in [2.24, 2.45) is 172 Å². The first-order valence-corrected chi connectivity index (χ1v) is 53.3. The zero-order valence-electron chi connectivity index (χ0n) is 85.1. The van der Waals surface area contributed by atoms with Gasteiger partial charge in [-0.2, -0.15) is 10.2 Å². The van der Waals surface area contributed by atoms with Crippen molar-refractivity contribution < 1.29 is 68.0 Å². The molecule has 16 aliphatic rings. The molecule has 16 fully saturated rings. The van der Waals surface area contributed by atoms with E-state index in [1.54, 1.807) is 23.3 Å². The van der Waals surface area contributed by atoms with Crippen LogP contribution < -0.4 is 10.5 Å². The van der Waals surface area contributed by atoms with Crippen molar-refractivity contribution >= 4 is 29.3 Å². The molecule has 0 aliphatic heterocycles. The fourth-order valence-electron chi connectivity index (χ4n) is 36.6. The summed E-state index contributed by atoms with van der Waals surface area (Å²) in [6, 6.07) is 0. The number of aromatic nitrogens is 6. The molecule has 3 aromatic rings. The van der Waals surface area contributed by atoms with Crippen molar-refractivity contribution in [1.29, 1.82) is 0 Å². The first-order chi connectivity index (χ1) is 63.2. The molecule has 22 nitrogen and oxygen atoms in total. The number of Topliss-reactive ketones (excluding diaryl/α,β-unsaturated/α-hetero) is 4. The van der Waals surface area contributed by atoms with E-state index in [-0.39, 0.29) is 85.4 Å². The van der Waals surface area contributed by atoms with Crippen molar-refractivity contribution in [3.8, 4) is 5.75 Å². The number of hydrogen-bond donors (Lipinski definition) is 5. The number of ketones is 4. The molecular weight excluding hydrogens is 1670 g/mol. The lowest BCUT2D eigenvalue weighted by atomic mass is 9.43. The Hall–Kier alpha value is -5.20. The molecule has 133 heavy (non-hydrogen) atoms. The topological polar surface area (TPSA) is 296 Å². The highest BCUT2D eigenvalue weighted by Gasteiger charge is 2.69. The van der Waals surface area contributed by atoms with E-state index < -0.39 is 22.4 Å². The van der Waals surface area contributed by atoms with Crippen LogP contribution in [0.1, 0.15) is 319 Å². The summed E-state index contributed by atoms with van der Waals surface area (Å²) in [6.07, 6.45) is 53.6. The predicted octanol–water partition coefficient (Wildman–Crippen LogP) is 19.4. The quantitative estimate of drug-likeness (QED) is 0.0389. The van der Waals surface area contributed by atoms with Gasteiger partial charge in [0.25, 0.3) is 0 Å². The molecule has 0 spiro atoms. The molecule has 0 radical (unpaired) electrons. The van der Waals surface area contributed by atoms with Crippen LogP contribution in [-0.4, -0.2) is 175 Å². The molecule has 0 bridgehead atoms. The van der Waals surface area contributed by atoms with Crippen LogP contribution in [0.25, 0.3) is 0 Å². The maximum Gasteiger partial charge on any atom is 0.157 e. The SMILES string of the molecule is CCOC(C=NCC(=O)[C@H]1CC[C@H]2[C@@H]3CC[C@@H]4C[C@](C)(O)CC[C@]4(COC)[C@H]3CC[C@]12C)=CN.COC[C@]12CC[C@@](C)(O)C[C@@H]1CC[C@H]1[C@@H]3CC[C@H](C(=O)Cn4cc(C)cn4)[C@@]3(C)CC[C@@H]12.COC[C@]12CC[C@@](C)(O)C[C@H]1CC[C@H]1[C@@H]3CC[C@H](C(=O)Cn4cc(OC(C)C)cn4)[C@@]3(C)CC[C@@H]12.COC[C@]12CC[C@@](C)(O)C[C@H]1CC[C@H]1[C@@H]3CC[C@H](C(=O)Cn4ccnc4C)[C@@]3(C)CC[C@@H]12. The van der Waals surface area contributed by atoms with Gasteiger partial charge in [0, 0.05) is 76.9 Å². The van der Waals surface area contributed by atoms with Crippen LogP contribution >= 0.6 is 0 Å². The smallest absolute Gasteiger partial charge is 0.157 e. The highest BCUT2D eigenvalue weighted by Crippen LogP contribution is 2.74. The fourth-order valence-corrected chi connectivity index (χ4v) is 36.6. The van der Waals surface area contributed by atoms with Crippen LogP contribution in [0.2, 0.25) is 0 Å². The van der Waals surface area contributed by atoms with Gasteiger partial charge in [-0.05, 0) is 437 Å². The second kappa shape index (κ2) is 39.4. The Morgan fingerprint density at radius 2 is 0.782 bits per heavy atom. The largest absolute Gasteiger partial charge is 0.491 e. The zero-order valence-corrected chi connectivity index (χ0v) is 85.1. The number of aliphatic hydroxyl groups is 4. The Labute approximate surface area is 798 Å². The second-order valence-corrected chi connectivity index (χ2v) is 50.0. The fraction of sp³-hybridized carbons (Fsp3) is 0.856. The van der Waals surface area contributed by atoms with E-state index in [0.717, 1.165) is 178 Å². The van der Waals surface area contributed by atoms with E-state index in [4.69, 9.17) is 34.2 Å². The molecule has 3 heterocycles. The molecule has 19 rings (SSSR count). The third-order valence-electron chi connectivity index (χ3n) is 42.4. The first-order valence-electron chi connectivity index (χ1n) is 53.3. The molecule has 32 atom stereocenters. The van der Waals surface area contributed by atoms with Crippen LogP contribution in [0.4, 0.5) is 0 Å². The Bertz CT molecular complexity index is 4580. The van der Waals surface area contributed by atoms with Crippen LogP contribution in [-0.2, 0) is 62.5 Å². The van der Waals surface area contributed by atoms with Gasteiger partial charge in [-0.25, -0.2) is 4.98 Å². The van der Waals surface area contributed by atoms with E-state index in [2.05, 4.69) is 47.9 Å². The molecule has 744 valence electrons. The van der Waals surface area contributed by atoms with Crippen LogP contribution in [0.3, 0.4) is 0 Å². The van der Waals surface area contributed by atoms with Gasteiger partial charge in [0.15, 0.2) is 34.6 Å². The molecule has 3 aromatic heterocycles. The lowest BCUT2D eigenvalue weighted by Gasteiger charge is -2.62. The lowest BCUT2D eigenvalue weighted by Crippen LogP contribution is -2.58. The third kappa shape index (κ3) is 19.1. The van der Waals surface area contributed by atoms with E-state index in [9.17, 15) is 39.6 Å². The Morgan fingerprint density at radius 3 is 1.09 bits per heavy atom. The molecule has 16 aliphatic carbocycles. The summed E-state index contributed by atoms with van der Waals surface area (Å²) in [5.74, 6) is 14.3. The molecule has 0 saturated heterocycles. The second-order valence-electron chi connectivity index (χ2n) is 50.0. The summed E-state index contributed by atoms with van der Waals surface area (Å²) in [6.45, 7) is 32.9. The number of ether oxygens (including phenoxy) is 6. The van der Waals surface area contributed by atoms with Crippen molar-refractivity contribution in [3.63, 3.8) is 0 Å². The van der Waals surface area contributed by atoms with Gasteiger partial charge >= 0.3 is 0 Å². The molecule has 0 aromatic carbocycles. The summed E-state index contributed by atoms with van der Waals surface area (Å²) in [4.78, 5) is 62.4. The summed E-state index contributed by atoms with van der Waals surface area (Å²) in [7, 11) is 7.41. The standard InChI is InChI=1S/C29H46N2O4.C28H46N2O4.2C27H42N2O3/c1-19(2)35-21-15-30-31(16-21)17-26(32)25-9-8-23-22-7-6-20-14-27(3,33)12-13-29(20,18-34-5)24(22)10-11-28(23,25)4;1-5-34-20(15-29)16-30-17-25(31)24-9-8-22-21-7-6-19-14-26(2,32)12-13-28(19,18-33-4)23(21)10-11-27(22,24)3;1-18-14-28-29(15-18)16-24(30)23-8-7-21-20-6-5-19-13-25(2,31)11-12-27(19,17-32-4)22(20)9-10-26(21,23)3;1-18-28-13-14-29(18)16-24(30)23-8-7-21-20-6-5-19-15-25(2,31)11-12-27(19,17-32-4)22(20)9-10-26(21,23)3/h15-16,19-20,22-25,33H,6-14,17-18H2,1-5H3;15-16,19,21-24,32H,5-14,17-18,29H2,1-4H3;14-15,19-23,31H,5-13,16-17H2,1-4H3;13-14,19-23,31H,5-12,15-17H2,1-4H3/t20-,22+,23+,24+,25-,27-,28+,29-;19-,21+,22+,23+,24-,26-,27+,28-;19-,20-,21-,22-,23+,25+,26-,27+;19-,20+,21+,22+,23-,25-,26+,27-/m1101/s1. The van der Waals surface area contributed by atoms with Crippen LogP contribution in [0.5, 0.6) is 5.75 Å². The maximum absolute atomic E-state index is 13.6. The van der Waals surface area contributed by atoms with Gasteiger partial charge < -0.3 is 59.1 Å². The molecular formula is C111H176N8O14. The number of fused-ring (bicyclic) bond motifs is 20. The minimum atomic E-state index is -0.537. The third-order valence-corrected chi connectivity index (χ3v) is 42.4. The van der Waals surface area contributed by atoms with Gasteiger partial charge in [0.1, 0.15) is 5.82 Å². The van der Waals surface area contributed by atoms with E-state index in [1.165, 1.54) is 103 Å². The first kappa shape index (κ1) is 101. The molecule has 0 unspecified atom stereocenters. The average molecular weight is 1850 g/mol. The Kier molecular flexibility index (Phi) is 29.8. The Morgan fingerprint density at radius 1 is 0.444 bits per heavy atom. The number of methoxy groups -OCH3 is 4. The van der Waals surface area contributed by atoms with Gasteiger partial charge in [0.2, 0.25) is 0 Å². The monoisotopic (exact) mass is 1850 g/mol. The summed E-state index contributed by atoms with van der Waals surface area (Å²) in [5.41, 5.74) is 5.83. The number of aryl methyl sites for hydroxylation is 2. The molecule has 22 heteroatoms. The summed E-state index contributed by atoms with van der Waals surface area (Å²) >= 11 is 0. The van der Waals surface area contributed by atoms with Crippen molar-refractivity contribution in [3.05, 3.63) is 60.5 Å². The van der Waals surface area contributed by atoms with Crippen LogP contribution in [0.15, 0.2) is 54.1 Å². The summed E-state index contributed by atoms with van der Waals surface area (Å²) < 4.78 is 40.2. The number of carbonyl (C=O) groups excluding carboxylic acids is 4.